The lowest BCUT2D eigenvalue weighted by Gasteiger charge is -2.26. The van der Waals surface area contributed by atoms with Crippen LogP contribution < -0.4 is 10.6 Å². The molecule has 0 fully saturated rings. The van der Waals surface area contributed by atoms with E-state index in [1.54, 1.807) is 25.2 Å². The molecule has 0 saturated heterocycles. The smallest absolute Gasteiger partial charge is 0.191 e. The number of para-hydroxylation sites is 1. The Morgan fingerprint density at radius 3 is 2.47 bits per heavy atom. The minimum atomic E-state index is -0.555. The standard InChI is InChI=1S/C23H27F2N5/c1-4-26-23(28-14-16-12-13-27-20-11-6-5-8-17(16)20)29-15-21(30(2)3)22-18(24)9-7-10-19(22)25/h5-13,21H,4,14-15H2,1-3H3,(H2,26,28,29). The maximum absolute atomic E-state index is 14.3. The second-order valence-electron chi connectivity index (χ2n) is 7.18. The zero-order valence-corrected chi connectivity index (χ0v) is 17.5. The van der Waals surface area contributed by atoms with Crippen LogP contribution in [0.25, 0.3) is 10.9 Å². The lowest BCUT2D eigenvalue weighted by molar-refractivity contribution is 0.282. The van der Waals surface area contributed by atoms with Crippen molar-refractivity contribution in [3.8, 4) is 0 Å². The number of halogens is 2. The van der Waals surface area contributed by atoms with E-state index >= 15 is 0 Å². The molecule has 0 bridgehead atoms. The minimum Gasteiger partial charge on any atom is -0.357 e. The highest BCUT2D eigenvalue weighted by Crippen LogP contribution is 2.24. The molecule has 1 atom stereocenters. The fraction of sp³-hybridized carbons (Fsp3) is 0.304. The predicted molar refractivity (Wildman–Crippen MR) is 117 cm³/mol. The fourth-order valence-corrected chi connectivity index (χ4v) is 3.36. The summed E-state index contributed by atoms with van der Waals surface area (Å²) in [7, 11) is 3.59. The molecule has 3 aromatic rings. The van der Waals surface area contributed by atoms with Crippen molar-refractivity contribution in [2.24, 2.45) is 4.99 Å². The average Bonchev–Trinajstić information content (AvgIpc) is 2.73. The van der Waals surface area contributed by atoms with Gasteiger partial charge >= 0.3 is 0 Å². The van der Waals surface area contributed by atoms with Crippen LogP contribution in [0.4, 0.5) is 8.78 Å². The van der Waals surface area contributed by atoms with Gasteiger partial charge in [0.1, 0.15) is 11.6 Å². The van der Waals surface area contributed by atoms with Crippen LogP contribution in [0.2, 0.25) is 0 Å². The zero-order chi connectivity index (χ0) is 21.5. The summed E-state index contributed by atoms with van der Waals surface area (Å²) in [6.45, 7) is 3.40. The van der Waals surface area contributed by atoms with Crippen LogP contribution in [0.3, 0.4) is 0 Å². The van der Waals surface area contributed by atoms with Crippen LogP contribution >= 0.6 is 0 Å². The van der Waals surface area contributed by atoms with Crippen LogP contribution in [-0.2, 0) is 6.54 Å². The molecular formula is C23H27F2N5. The maximum atomic E-state index is 14.3. The number of nitrogens with one attached hydrogen (secondary N) is 2. The van der Waals surface area contributed by atoms with E-state index in [2.05, 4.69) is 20.6 Å². The lowest BCUT2D eigenvalue weighted by atomic mass is 10.0. The number of hydrogen-bond acceptors (Lipinski definition) is 3. The van der Waals surface area contributed by atoms with E-state index in [1.165, 1.54) is 18.2 Å². The third kappa shape index (κ3) is 5.10. The van der Waals surface area contributed by atoms with E-state index in [4.69, 9.17) is 0 Å². The van der Waals surface area contributed by atoms with E-state index in [1.807, 2.05) is 37.3 Å². The molecule has 1 heterocycles. The third-order valence-corrected chi connectivity index (χ3v) is 4.91. The number of aromatic nitrogens is 1. The number of guanidine groups is 1. The third-order valence-electron chi connectivity index (χ3n) is 4.91. The molecule has 3 rings (SSSR count). The molecule has 0 aliphatic carbocycles. The van der Waals surface area contributed by atoms with Gasteiger partial charge < -0.3 is 15.5 Å². The Morgan fingerprint density at radius 2 is 1.77 bits per heavy atom. The van der Waals surface area contributed by atoms with Crippen LogP contribution in [0, 0.1) is 11.6 Å². The van der Waals surface area contributed by atoms with Crippen molar-refractivity contribution in [3.63, 3.8) is 0 Å². The molecule has 0 aliphatic heterocycles. The van der Waals surface area contributed by atoms with E-state index in [0.717, 1.165) is 16.5 Å². The van der Waals surface area contributed by atoms with Gasteiger partial charge in [0.15, 0.2) is 5.96 Å². The molecule has 158 valence electrons. The van der Waals surface area contributed by atoms with Gasteiger partial charge in [0.05, 0.1) is 18.1 Å². The first-order chi connectivity index (χ1) is 14.5. The Kier molecular flexibility index (Phi) is 7.30. The van der Waals surface area contributed by atoms with Crippen molar-refractivity contribution in [1.29, 1.82) is 0 Å². The van der Waals surface area contributed by atoms with Gasteiger partial charge in [-0.2, -0.15) is 0 Å². The Hall–Kier alpha value is -3.06. The van der Waals surface area contributed by atoms with Gasteiger partial charge in [-0.05, 0) is 50.8 Å². The number of benzene rings is 2. The predicted octanol–water partition coefficient (Wildman–Crippen LogP) is 3.87. The summed E-state index contributed by atoms with van der Waals surface area (Å²) in [5.41, 5.74) is 2.03. The van der Waals surface area contributed by atoms with Crippen LogP contribution in [0.15, 0.2) is 59.7 Å². The van der Waals surface area contributed by atoms with Gasteiger partial charge in [0.2, 0.25) is 0 Å². The molecule has 1 aromatic heterocycles. The number of fused-ring (bicyclic) bond motifs is 1. The fourth-order valence-electron chi connectivity index (χ4n) is 3.36. The molecule has 7 heteroatoms. The van der Waals surface area contributed by atoms with Crippen molar-refractivity contribution >= 4 is 16.9 Å². The van der Waals surface area contributed by atoms with Gasteiger partial charge in [-0.25, -0.2) is 13.8 Å². The van der Waals surface area contributed by atoms with Crippen molar-refractivity contribution in [2.75, 3.05) is 27.2 Å². The number of pyridine rings is 1. The average molecular weight is 412 g/mol. The highest BCUT2D eigenvalue weighted by molar-refractivity contribution is 5.83. The SMILES string of the molecule is CCNC(=NCc1ccnc2ccccc12)NCC(c1c(F)cccc1F)N(C)C. The number of aliphatic imine (C=N–C) groups is 1. The van der Waals surface area contributed by atoms with Gasteiger partial charge in [-0.15, -0.1) is 0 Å². The number of hydrogen-bond donors (Lipinski definition) is 2. The first kappa shape index (κ1) is 21.6. The summed E-state index contributed by atoms with van der Waals surface area (Å²) < 4.78 is 28.6. The molecule has 0 amide bonds. The maximum Gasteiger partial charge on any atom is 0.191 e. The summed E-state index contributed by atoms with van der Waals surface area (Å²) in [4.78, 5) is 10.8. The molecule has 0 saturated carbocycles. The van der Waals surface area contributed by atoms with Crippen molar-refractivity contribution in [2.45, 2.75) is 19.5 Å². The topological polar surface area (TPSA) is 52.6 Å². The lowest BCUT2D eigenvalue weighted by Crippen LogP contribution is -2.42. The Bertz CT molecular complexity index is 994. The highest BCUT2D eigenvalue weighted by atomic mass is 19.1. The number of nitrogens with zero attached hydrogens (tertiary/aromatic N) is 3. The van der Waals surface area contributed by atoms with E-state index in [9.17, 15) is 8.78 Å². The van der Waals surface area contributed by atoms with Crippen LogP contribution in [-0.4, -0.2) is 43.0 Å². The van der Waals surface area contributed by atoms with Gasteiger partial charge in [-0.1, -0.05) is 24.3 Å². The van der Waals surface area contributed by atoms with Crippen molar-refractivity contribution in [1.82, 2.24) is 20.5 Å². The molecule has 1 unspecified atom stereocenters. The largest absolute Gasteiger partial charge is 0.357 e. The first-order valence-corrected chi connectivity index (χ1v) is 9.96. The molecule has 2 N–H and O–H groups in total. The van der Waals surface area contributed by atoms with Crippen molar-refractivity contribution in [3.05, 3.63) is 77.5 Å². The Labute approximate surface area is 175 Å². The molecule has 0 spiro atoms. The Morgan fingerprint density at radius 1 is 1.03 bits per heavy atom. The number of rotatable bonds is 7. The summed E-state index contributed by atoms with van der Waals surface area (Å²) in [6.07, 6.45) is 1.77. The molecule has 0 radical (unpaired) electrons. The second kappa shape index (κ2) is 10.1. The van der Waals surface area contributed by atoms with Crippen molar-refractivity contribution < 1.29 is 8.78 Å². The summed E-state index contributed by atoms with van der Waals surface area (Å²) in [5.74, 6) is -0.525. The summed E-state index contributed by atoms with van der Waals surface area (Å²) >= 11 is 0. The molecule has 5 nitrogen and oxygen atoms in total. The molecule has 30 heavy (non-hydrogen) atoms. The van der Waals surface area contributed by atoms with Crippen LogP contribution in [0.5, 0.6) is 0 Å². The van der Waals surface area contributed by atoms with Gasteiger partial charge in [0, 0.05) is 30.2 Å². The summed E-state index contributed by atoms with van der Waals surface area (Å²) in [6, 6.07) is 13.3. The molecule has 0 aliphatic rings. The summed E-state index contributed by atoms with van der Waals surface area (Å²) in [5, 5.41) is 7.47. The highest BCUT2D eigenvalue weighted by Gasteiger charge is 2.22. The zero-order valence-electron chi connectivity index (χ0n) is 17.5. The minimum absolute atomic E-state index is 0.0472. The van der Waals surface area contributed by atoms with E-state index in [-0.39, 0.29) is 5.56 Å². The normalized spacial score (nSPS) is 12.9. The first-order valence-electron chi connectivity index (χ1n) is 9.96. The molecular weight excluding hydrogens is 384 g/mol. The Balaban J connectivity index is 1.79. The van der Waals surface area contributed by atoms with E-state index < -0.39 is 17.7 Å². The molecule has 2 aromatic carbocycles. The van der Waals surface area contributed by atoms with Gasteiger partial charge in [0.25, 0.3) is 0 Å². The van der Waals surface area contributed by atoms with Gasteiger partial charge in [-0.3, -0.25) is 4.98 Å². The quantitative estimate of drug-likeness (QED) is 0.458. The number of likely N-dealkylation sites (N-methyl/N-ethyl adjacent to an activating group) is 1. The van der Waals surface area contributed by atoms with E-state index in [0.29, 0.717) is 25.6 Å². The monoisotopic (exact) mass is 411 g/mol. The van der Waals surface area contributed by atoms with Crippen LogP contribution in [0.1, 0.15) is 24.1 Å². The second-order valence-corrected chi connectivity index (χ2v) is 7.18.